The highest BCUT2D eigenvalue weighted by Crippen LogP contribution is 2.35. The van der Waals surface area contributed by atoms with Gasteiger partial charge in [0, 0.05) is 6.04 Å². The summed E-state index contributed by atoms with van der Waals surface area (Å²) in [4.78, 5) is 18.2. The quantitative estimate of drug-likeness (QED) is 0.911. The average molecular weight is 268 g/mol. The largest absolute Gasteiger partial charge is 0.405 e. The van der Waals surface area contributed by atoms with Crippen LogP contribution >= 0.6 is 11.6 Å². The van der Waals surface area contributed by atoms with Gasteiger partial charge in [-0.1, -0.05) is 11.6 Å². The number of halogens is 4. The lowest BCUT2D eigenvalue weighted by molar-refractivity contribution is -0.120. The third kappa shape index (κ3) is 2.91. The van der Waals surface area contributed by atoms with Gasteiger partial charge in [0.15, 0.2) is 5.82 Å². The van der Waals surface area contributed by atoms with Gasteiger partial charge in [0.1, 0.15) is 11.6 Å². The second-order valence-electron chi connectivity index (χ2n) is 3.84. The molecule has 1 saturated carbocycles. The molecule has 0 saturated heterocycles. The number of alkyl halides is 3. The van der Waals surface area contributed by atoms with Crippen molar-refractivity contribution in [3.63, 3.8) is 0 Å². The molecule has 1 aromatic heterocycles. The van der Waals surface area contributed by atoms with E-state index >= 15 is 0 Å². The van der Waals surface area contributed by atoms with Crippen LogP contribution in [0.25, 0.3) is 0 Å². The summed E-state index contributed by atoms with van der Waals surface area (Å²) in [6.45, 7) is -1.14. The van der Waals surface area contributed by atoms with Crippen molar-refractivity contribution in [2.75, 3.05) is 11.4 Å². The fourth-order valence-electron chi connectivity index (χ4n) is 1.53. The van der Waals surface area contributed by atoms with Crippen molar-refractivity contribution in [2.45, 2.75) is 25.1 Å². The summed E-state index contributed by atoms with van der Waals surface area (Å²) in [5.74, 6) is -0.102. The van der Waals surface area contributed by atoms with Crippen LogP contribution in [0.1, 0.15) is 12.8 Å². The fraction of sp³-hybridized carbons (Fsp3) is 0.556. The van der Waals surface area contributed by atoms with Crippen LogP contribution in [-0.2, 0) is 0 Å². The minimum atomic E-state index is -4.35. The number of anilines is 1. The first-order valence-electron chi connectivity index (χ1n) is 4.95. The lowest BCUT2D eigenvalue weighted by Crippen LogP contribution is -2.37. The first-order chi connectivity index (χ1) is 7.88. The summed E-state index contributed by atoms with van der Waals surface area (Å²) in [6.07, 6.45) is -1.99. The molecule has 8 heteroatoms. The molecule has 0 unspecified atom stereocenters. The molecule has 0 aliphatic heterocycles. The molecule has 1 N–H and O–H groups in total. The molecule has 0 amide bonds. The SMILES string of the molecule is O=c1[nH]cnc(N(CC(F)(F)F)C2CC2)c1Cl. The van der Waals surface area contributed by atoms with Gasteiger partial charge in [-0.15, -0.1) is 0 Å². The van der Waals surface area contributed by atoms with E-state index in [0.717, 1.165) is 11.2 Å². The van der Waals surface area contributed by atoms with E-state index in [1.165, 1.54) is 0 Å². The summed E-state index contributed by atoms with van der Waals surface area (Å²) in [5.41, 5.74) is -0.635. The number of nitrogens with zero attached hydrogens (tertiary/aromatic N) is 2. The van der Waals surface area contributed by atoms with E-state index in [-0.39, 0.29) is 16.9 Å². The number of aromatic amines is 1. The Hall–Kier alpha value is -1.24. The molecule has 17 heavy (non-hydrogen) atoms. The molecule has 1 aliphatic carbocycles. The van der Waals surface area contributed by atoms with E-state index < -0.39 is 18.3 Å². The second kappa shape index (κ2) is 4.21. The summed E-state index contributed by atoms with van der Waals surface area (Å²) < 4.78 is 37.2. The van der Waals surface area contributed by atoms with Crippen molar-refractivity contribution >= 4 is 17.4 Å². The Balaban J connectivity index is 2.33. The zero-order chi connectivity index (χ0) is 12.6. The molecule has 2 rings (SSSR count). The highest BCUT2D eigenvalue weighted by atomic mass is 35.5. The number of H-pyrrole nitrogens is 1. The lowest BCUT2D eigenvalue weighted by Gasteiger charge is -2.24. The van der Waals surface area contributed by atoms with Crippen LogP contribution in [0.3, 0.4) is 0 Å². The van der Waals surface area contributed by atoms with Gasteiger partial charge < -0.3 is 9.88 Å². The van der Waals surface area contributed by atoms with Crippen LogP contribution in [0.2, 0.25) is 5.02 Å². The van der Waals surface area contributed by atoms with E-state index in [9.17, 15) is 18.0 Å². The highest BCUT2D eigenvalue weighted by Gasteiger charge is 2.39. The maximum Gasteiger partial charge on any atom is 0.405 e. The van der Waals surface area contributed by atoms with E-state index in [4.69, 9.17) is 11.6 Å². The summed E-state index contributed by atoms with van der Waals surface area (Å²) in [5, 5.41) is -0.302. The van der Waals surface area contributed by atoms with Gasteiger partial charge in [0.05, 0.1) is 6.33 Å². The van der Waals surface area contributed by atoms with Crippen molar-refractivity contribution in [2.24, 2.45) is 0 Å². The minimum absolute atomic E-state index is 0.102. The van der Waals surface area contributed by atoms with Gasteiger partial charge in [-0.3, -0.25) is 4.79 Å². The Bertz CT molecular complexity index is 469. The predicted octanol–water partition coefficient (Wildman–Crippen LogP) is 1.95. The molecule has 0 bridgehead atoms. The molecule has 0 aromatic carbocycles. The number of rotatable bonds is 3. The number of nitrogens with one attached hydrogen (secondary N) is 1. The molecule has 4 nitrogen and oxygen atoms in total. The molecule has 94 valence electrons. The zero-order valence-corrected chi connectivity index (χ0v) is 9.35. The van der Waals surface area contributed by atoms with Crippen LogP contribution in [-0.4, -0.2) is 28.7 Å². The van der Waals surface area contributed by atoms with Crippen molar-refractivity contribution in [3.8, 4) is 0 Å². The van der Waals surface area contributed by atoms with Gasteiger partial charge in [0.25, 0.3) is 5.56 Å². The Kier molecular flexibility index (Phi) is 3.03. The molecule has 0 spiro atoms. The maximum absolute atomic E-state index is 12.4. The van der Waals surface area contributed by atoms with Crippen molar-refractivity contribution in [1.29, 1.82) is 0 Å². The molecule has 0 radical (unpaired) electrons. The summed E-state index contributed by atoms with van der Waals surface area (Å²) in [6, 6.07) is -0.233. The van der Waals surface area contributed by atoms with Crippen LogP contribution in [0.5, 0.6) is 0 Å². The van der Waals surface area contributed by atoms with Gasteiger partial charge in [-0.2, -0.15) is 13.2 Å². The lowest BCUT2D eigenvalue weighted by atomic mass is 10.4. The van der Waals surface area contributed by atoms with Crippen LogP contribution in [0.4, 0.5) is 19.0 Å². The number of aromatic nitrogens is 2. The first kappa shape index (κ1) is 12.2. The molecule has 1 heterocycles. The number of hydrogen-bond donors (Lipinski definition) is 1. The second-order valence-corrected chi connectivity index (χ2v) is 4.22. The molecule has 1 aliphatic rings. The molecule has 0 atom stereocenters. The van der Waals surface area contributed by atoms with E-state index in [1.807, 2.05) is 0 Å². The van der Waals surface area contributed by atoms with Crippen molar-refractivity contribution in [1.82, 2.24) is 9.97 Å². The monoisotopic (exact) mass is 267 g/mol. The van der Waals surface area contributed by atoms with E-state index in [1.54, 1.807) is 0 Å². The first-order valence-corrected chi connectivity index (χ1v) is 5.33. The van der Waals surface area contributed by atoms with Crippen LogP contribution in [0.15, 0.2) is 11.1 Å². The van der Waals surface area contributed by atoms with E-state index in [2.05, 4.69) is 9.97 Å². The standard InChI is InChI=1S/C9H9ClF3N3O/c10-6-7(14-4-15-8(6)17)16(5-1-2-5)3-9(11,12)13/h4-5H,1-3H2,(H,14,15,17). The molecule has 1 aromatic rings. The Labute approximate surface area is 99.4 Å². The smallest absolute Gasteiger partial charge is 0.343 e. The van der Waals surface area contributed by atoms with Crippen molar-refractivity contribution < 1.29 is 13.2 Å². The molecular formula is C9H9ClF3N3O. The van der Waals surface area contributed by atoms with Gasteiger partial charge in [-0.25, -0.2) is 4.98 Å². The van der Waals surface area contributed by atoms with E-state index in [0.29, 0.717) is 12.8 Å². The zero-order valence-electron chi connectivity index (χ0n) is 8.59. The normalized spacial score (nSPS) is 16.0. The summed E-state index contributed by atoms with van der Waals surface area (Å²) >= 11 is 5.67. The minimum Gasteiger partial charge on any atom is -0.343 e. The highest BCUT2D eigenvalue weighted by molar-refractivity contribution is 6.32. The molecule has 1 fully saturated rings. The Morgan fingerprint density at radius 1 is 1.53 bits per heavy atom. The Morgan fingerprint density at radius 3 is 2.71 bits per heavy atom. The predicted molar refractivity (Wildman–Crippen MR) is 56.3 cm³/mol. The van der Waals surface area contributed by atoms with Crippen LogP contribution in [0, 0.1) is 0 Å². The third-order valence-electron chi connectivity index (χ3n) is 2.39. The number of hydrogen-bond acceptors (Lipinski definition) is 3. The Morgan fingerprint density at radius 2 is 2.18 bits per heavy atom. The van der Waals surface area contributed by atoms with Gasteiger partial charge in [-0.05, 0) is 12.8 Å². The average Bonchev–Trinajstić information content (AvgIpc) is 3.01. The third-order valence-corrected chi connectivity index (χ3v) is 2.73. The summed E-state index contributed by atoms with van der Waals surface area (Å²) in [7, 11) is 0. The maximum atomic E-state index is 12.4. The fourth-order valence-corrected chi connectivity index (χ4v) is 1.74. The molecular weight excluding hydrogens is 259 g/mol. The topological polar surface area (TPSA) is 49.0 Å². The van der Waals surface area contributed by atoms with Gasteiger partial charge in [0.2, 0.25) is 0 Å². The van der Waals surface area contributed by atoms with Crippen molar-refractivity contribution in [3.05, 3.63) is 21.7 Å². The van der Waals surface area contributed by atoms with Crippen LogP contribution < -0.4 is 10.5 Å². The van der Waals surface area contributed by atoms with Gasteiger partial charge >= 0.3 is 6.18 Å².